The zero-order valence-electron chi connectivity index (χ0n) is 11.1. The van der Waals surface area contributed by atoms with Gasteiger partial charge in [-0.2, -0.15) is 4.98 Å². The molecule has 0 radical (unpaired) electrons. The van der Waals surface area contributed by atoms with E-state index in [2.05, 4.69) is 26.9 Å². The van der Waals surface area contributed by atoms with Gasteiger partial charge >= 0.3 is 0 Å². The maximum absolute atomic E-state index is 5.36. The third-order valence-electron chi connectivity index (χ3n) is 2.96. The van der Waals surface area contributed by atoms with E-state index in [1.807, 2.05) is 10.8 Å². The molecular formula is C12H13N5OS2. The van der Waals surface area contributed by atoms with Crippen LogP contribution in [0.1, 0.15) is 16.8 Å². The first-order valence-corrected chi connectivity index (χ1v) is 7.36. The lowest BCUT2D eigenvalue weighted by Crippen LogP contribution is -2.00. The minimum atomic E-state index is 0.494. The van der Waals surface area contributed by atoms with E-state index < -0.39 is 0 Å². The predicted molar refractivity (Wildman–Crippen MR) is 79.9 cm³/mol. The van der Waals surface area contributed by atoms with Crippen molar-refractivity contribution >= 4 is 34.7 Å². The van der Waals surface area contributed by atoms with Gasteiger partial charge in [-0.05, 0) is 18.6 Å². The Kier molecular flexibility index (Phi) is 3.49. The summed E-state index contributed by atoms with van der Waals surface area (Å²) < 4.78 is 7.71. The van der Waals surface area contributed by atoms with E-state index in [-0.39, 0.29) is 0 Å². The Labute approximate surface area is 124 Å². The summed E-state index contributed by atoms with van der Waals surface area (Å²) in [5.41, 5.74) is 1.45. The van der Waals surface area contributed by atoms with Crippen molar-refractivity contribution in [2.24, 2.45) is 0 Å². The monoisotopic (exact) mass is 307 g/mol. The van der Waals surface area contributed by atoms with Crippen LogP contribution in [0.2, 0.25) is 0 Å². The molecule has 0 saturated carbocycles. The molecule has 104 valence electrons. The van der Waals surface area contributed by atoms with Crippen molar-refractivity contribution in [2.75, 3.05) is 7.11 Å². The van der Waals surface area contributed by atoms with Crippen molar-refractivity contribution in [1.29, 1.82) is 0 Å². The van der Waals surface area contributed by atoms with Crippen molar-refractivity contribution in [2.45, 2.75) is 19.9 Å². The van der Waals surface area contributed by atoms with E-state index in [9.17, 15) is 0 Å². The lowest BCUT2D eigenvalue weighted by molar-refractivity contribution is 0.401. The number of nitrogens with zero attached hydrogens (tertiary/aromatic N) is 4. The van der Waals surface area contributed by atoms with Gasteiger partial charge < -0.3 is 9.72 Å². The average molecular weight is 307 g/mol. The number of ether oxygens (including phenoxy) is 1. The predicted octanol–water partition coefficient (Wildman–Crippen LogP) is 2.56. The van der Waals surface area contributed by atoms with Gasteiger partial charge in [0.15, 0.2) is 10.4 Å². The quantitative estimate of drug-likeness (QED) is 0.750. The summed E-state index contributed by atoms with van der Waals surface area (Å²) in [6.07, 6.45) is 4.38. The van der Waals surface area contributed by atoms with Gasteiger partial charge in [-0.3, -0.25) is 4.57 Å². The zero-order valence-corrected chi connectivity index (χ0v) is 12.7. The first kappa shape index (κ1) is 13.2. The Morgan fingerprint density at radius 2 is 2.25 bits per heavy atom. The van der Waals surface area contributed by atoms with Gasteiger partial charge in [-0.25, -0.2) is 9.97 Å². The number of nitrogens with one attached hydrogen (secondary N) is 1. The summed E-state index contributed by atoms with van der Waals surface area (Å²) in [6.45, 7) is 2.72. The van der Waals surface area contributed by atoms with Crippen LogP contribution in [-0.2, 0) is 13.0 Å². The molecule has 6 nitrogen and oxygen atoms in total. The number of thiazole rings is 1. The minimum Gasteiger partial charge on any atom is -0.479 e. The maximum Gasteiger partial charge on any atom is 0.242 e. The highest BCUT2D eigenvalue weighted by Crippen LogP contribution is 2.22. The lowest BCUT2D eigenvalue weighted by atomic mass is 10.4. The molecule has 0 amide bonds. The van der Waals surface area contributed by atoms with Crippen LogP contribution in [0, 0.1) is 4.77 Å². The Morgan fingerprint density at radius 3 is 2.95 bits per heavy atom. The molecule has 0 unspecified atom stereocenters. The molecule has 0 spiro atoms. The number of rotatable bonds is 4. The van der Waals surface area contributed by atoms with Crippen LogP contribution >= 0.6 is 23.6 Å². The molecule has 0 aliphatic rings. The highest BCUT2D eigenvalue weighted by Gasteiger charge is 2.12. The topological polar surface area (TPSA) is 68.6 Å². The van der Waals surface area contributed by atoms with Gasteiger partial charge in [-0.1, -0.05) is 6.92 Å². The number of imidazole rings is 1. The number of aromatic nitrogens is 5. The van der Waals surface area contributed by atoms with Crippen LogP contribution < -0.4 is 4.74 Å². The van der Waals surface area contributed by atoms with Gasteiger partial charge in [0.2, 0.25) is 5.88 Å². The molecule has 3 aromatic heterocycles. The molecule has 0 atom stereocenters. The van der Waals surface area contributed by atoms with Crippen LogP contribution in [0.5, 0.6) is 5.88 Å². The van der Waals surface area contributed by atoms with Crippen molar-refractivity contribution < 1.29 is 4.74 Å². The van der Waals surface area contributed by atoms with Crippen LogP contribution in [0.4, 0.5) is 0 Å². The number of aromatic amines is 1. The van der Waals surface area contributed by atoms with Gasteiger partial charge in [0, 0.05) is 11.1 Å². The fourth-order valence-electron chi connectivity index (χ4n) is 1.97. The molecule has 0 fully saturated rings. The second-order valence-corrected chi connectivity index (χ2v) is 5.76. The summed E-state index contributed by atoms with van der Waals surface area (Å²) in [6, 6.07) is 0. The first-order valence-electron chi connectivity index (χ1n) is 6.14. The molecule has 20 heavy (non-hydrogen) atoms. The second kappa shape index (κ2) is 5.29. The van der Waals surface area contributed by atoms with E-state index in [1.54, 1.807) is 18.4 Å². The Balaban J connectivity index is 2.07. The highest BCUT2D eigenvalue weighted by molar-refractivity contribution is 7.71. The molecule has 3 rings (SSSR count). The number of hydrogen-bond acceptors (Lipinski definition) is 6. The summed E-state index contributed by atoms with van der Waals surface area (Å²) in [4.78, 5) is 17.1. The third-order valence-corrected chi connectivity index (χ3v) is 4.41. The van der Waals surface area contributed by atoms with Gasteiger partial charge in [0.25, 0.3) is 0 Å². The largest absolute Gasteiger partial charge is 0.479 e. The van der Waals surface area contributed by atoms with Crippen molar-refractivity contribution in [3.63, 3.8) is 0 Å². The van der Waals surface area contributed by atoms with Crippen LogP contribution in [0.25, 0.3) is 11.2 Å². The van der Waals surface area contributed by atoms with Gasteiger partial charge in [-0.15, -0.1) is 11.3 Å². The smallest absolute Gasteiger partial charge is 0.242 e. The fourth-order valence-corrected chi connectivity index (χ4v) is 3.07. The SMILES string of the molecule is CCc1cnc(Cn2c(=S)[nH]c3c(OC)ncnc32)s1. The molecule has 3 heterocycles. The van der Waals surface area contributed by atoms with E-state index in [4.69, 9.17) is 17.0 Å². The van der Waals surface area contributed by atoms with E-state index in [0.29, 0.717) is 22.7 Å². The third kappa shape index (κ3) is 2.20. The number of methoxy groups -OCH3 is 1. The lowest BCUT2D eigenvalue weighted by Gasteiger charge is -2.01. The molecule has 0 aromatic carbocycles. The normalized spacial score (nSPS) is 11.1. The van der Waals surface area contributed by atoms with Crippen molar-refractivity contribution in [3.8, 4) is 5.88 Å². The van der Waals surface area contributed by atoms with Gasteiger partial charge in [0.05, 0.1) is 13.7 Å². The van der Waals surface area contributed by atoms with Gasteiger partial charge in [0.1, 0.15) is 16.9 Å². The van der Waals surface area contributed by atoms with E-state index in [1.165, 1.54) is 11.2 Å². The molecule has 0 aliphatic carbocycles. The molecule has 0 aliphatic heterocycles. The second-order valence-electron chi connectivity index (χ2n) is 4.17. The summed E-state index contributed by atoms with van der Waals surface area (Å²) in [7, 11) is 1.57. The fraction of sp³-hybridized carbons (Fsp3) is 0.333. The van der Waals surface area contributed by atoms with Crippen molar-refractivity contribution in [3.05, 3.63) is 27.2 Å². The van der Waals surface area contributed by atoms with Crippen LogP contribution in [0.15, 0.2) is 12.5 Å². The minimum absolute atomic E-state index is 0.494. The zero-order chi connectivity index (χ0) is 14.1. The Bertz CT molecular complexity index is 804. The number of fused-ring (bicyclic) bond motifs is 1. The molecule has 0 bridgehead atoms. The number of hydrogen-bond donors (Lipinski definition) is 1. The molecular weight excluding hydrogens is 294 g/mol. The summed E-state index contributed by atoms with van der Waals surface area (Å²) >= 11 is 7.05. The van der Waals surface area contributed by atoms with E-state index >= 15 is 0 Å². The Hall–Kier alpha value is -1.80. The van der Waals surface area contributed by atoms with Crippen LogP contribution in [-0.4, -0.2) is 31.6 Å². The molecule has 0 saturated heterocycles. The van der Waals surface area contributed by atoms with Crippen molar-refractivity contribution in [1.82, 2.24) is 24.5 Å². The molecule has 3 aromatic rings. The Morgan fingerprint density at radius 1 is 1.40 bits per heavy atom. The van der Waals surface area contributed by atoms with Crippen LogP contribution in [0.3, 0.4) is 0 Å². The molecule has 8 heteroatoms. The summed E-state index contributed by atoms with van der Waals surface area (Å²) in [5.74, 6) is 0.494. The molecule has 1 N–H and O–H groups in total. The first-order chi connectivity index (χ1) is 9.72. The standard InChI is InChI=1S/C12H13N5OS2/c1-3-7-4-13-8(20-7)5-17-10-9(16-12(17)19)11(18-2)15-6-14-10/h4,6H,3,5H2,1-2H3,(H,16,19). The number of H-pyrrole nitrogens is 1. The average Bonchev–Trinajstić information content (AvgIpc) is 3.04. The van der Waals surface area contributed by atoms with E-state index in [0.717, 1.165) is 17.1 Å². The maximum atomic E-state index is 5.36. The number of aryl methyl sites for hydroxylation is 1. The highest BCUT2D eigenvalue weighted by atomic mass is 32.1. The summed E-state index contributed by atoms with van der Waals surface area (Å²) in [5, 5.41) is 1.01.